The van der Waals surface area contributed by atoms with E-state index >= 15 is 0 Å². The first-order chi connectivity index (χ1) is 12.1. The zero-order valence-electron chi connectivity index (χ0n) is 14.7. The molecule has 0 spiro atoms. The monoisotopic (exact) mass is 353 g/mol. The Kier molecular flexibility index (Phi) is 4.34. The van der Waals surface area contributed by atoms with E-state index < -0.39 is 0 Å². The van der Waals surface area contributed by atoms with E-state index in [4.69, 9.17) is 4.98 Å². The van der Waals surface area contributed by atoms with Crippen molar-refractivity contribution in [3.63, 3.8) is 0 Å². The number of fused-ring (bicyclic) bond motifs is 1. The van der Waals surface area contributed by atoms with Gasteiger partial charge in [-0.1, -0.05) is 44.2 Å². The summed E-state index contributed by atoms with van der Waals surface area (Å²) < 4.78 is 2.07. The molecule has 1 aliphatic heterocycles. The highest BCUT2D eigenvalue weighted by Gasteiger charge is 2.26. The Balaban J connectivity index is 1.55. The molecule has 2 aromatic heterocycles. The van der Waals surface area contributed by atoms with E-state index in [1.165, 1.54) is 6.42 Å². The molecule has 2 atom stereocenters. The molecule has 5 heteroatoms. The van der Waals surface area contributed by atoms with Crippen LogP contribution in [0.25, 0.3) is 16.2 Å². The Hall–Kier alpha value is -2.14. The third-order valence-electron chi connectivity index (χ3n) is 4.91. The number of thiazole rings is 1. The minimum Gasteiger partial charge on any atom is -0.342 e. The number of carbonyl (C=O) groups is 1. The summed E-state index contributed by atoms with van der Waals surface area (Å²) >= 11 is 1.60. The smallest absolute Gasteiger partial charge is 0.228 e. The molecule has 3 heterocycles. The van der Waals surface area contributed by atoms with E-state index in [-0.39, 0.29) is 5.91 Å². The largest absolute Gasteiger partial charge is 0.342 e. The average molecular weight is 353 g/mol. The van der Waals surface area contributed by atoms with Crippen LogP contribution in [0, 0.1) is 11.8 Å². The number of imidazole rings is 1. The minimum atomic E-state index is 0.230. The van der Waals surface area contributed by atoms with E-state index in [2.05, 4.69) is 35.8 Å². The molecule has 0 radical (unpaired) electrons. The van der Waals surface area contributed by atoms with Gasteiger partial charge in [-0.2, -0.15) is 0 Å². The summed E-state index contributed by atoms with van der Waals surface area (Å²) in [5, 5.41) is 2.06. The number of amides is 1. The normalized spacial score (nSPS) is 21.0. The lowest BCUT2D eigenvalue weighted by Gasteiger charge is -2.35. The third-order valence-corrected chi connectivity index (χ3v) is 5.80. The molecule has 1 saturated heterocycles. The molecule has 0 unspecified atom stereocenters. The maximum atomic E-state index is 12.8. The van der Waals surface area contributed by atoms with E-state index in [0.717, 1.165) is 35.0 Å². The fraction of sp³-hybridized carbons (Fsp3) is 0.400. The first kappa shape index (κ1) is 16.3. The van der Waals surface area contributed by atoms with Crippen molar-refractivity contribution < 1.29 is 4.79 Å². The molecule has 0 aliphatic carbocycles. The maximum Gasteiger partial charge on any atom is 0.228 e. The Labute approximate surface area is 152 Å². The van der Waals surface area contributed by atoms with Crippen LogP contribution in [0.1, 0.15) is 26.0 Å². The molecule has 0 N–H and O–H groups in total. The molecule has 0 bridgehead atoms. The van der Waals surface area contributed by atoms with Gasteiger partial charge in [0.25, 0.3) is 0 Å². The van der Waals surface area contributed by atoms with Gasteiger partial charge in [-0.3, -0.25) is 9.20 Å². The van der Waals surface area contributed by atoms with Gasteiger partial charge in [0.2, 0.25) is 5.91 Å². The standard InChI is InChI=1S/C20H23N3OS/c1-14-8-15(2)11-22(10-14)19(24)9-17-13-25-20-21-18(12-23(17)20)16-6-4-3-5-7-16/h3-7,12-15H,8-11H2,1-2H3/t14-,15-/m1/s1. The van der Waals surface area contributed by atoms with Gasteiger partial charge in [-0.05, 0) is 18.3 Å². The van der Waals surface area contributed by atoms with Gasteiger partial charge < -0.3 is 4.90 Å². The molecule has 0 saturated carbocycles. The quantitative estimate of drug-likeness (QED) is 0.711. The molecular formula is C20H23N3OS. The summed E-state index contributed by atoms with van der Waals surface area (Å²) in [4.78, 5) is 20.5. The molecule has 1 aliphatic rings. The van der Waals surface area contributed by atoms with Gasteiger partial charge >= 0.3 is 0 Å². The number of rotatable bonds is 3. The fourth-order valence-corrected chi connectivity index (χ4v) is 4.71. The summed E-state index contributed by atoms with van der Waals surface area (Å²) in [6, 6.07) is 10.2. The number of carbonyl (C=O) groups excluding carboxylic acids is 1. The number of hydrogen-bond acceptors (Lipinski definition) is 3. The second-order valence-corrected chi connectivity index (χ2v) is 8.13. The van der Waals surface area contributed by atoms with Crippen LogP contribution < -0.4 is 0 Å². The van der Waals surface area contributed by atoms with Crippen LogP contribution in [-0.4, -0.2) is 33.3 Å². The van der Waals surface area contributed by atoms with Crippen molar-refractivity contribution in [2.45, 2.75) is 26.7 Å². The summed E-state index contributed by atoms with van der Waals surface area (Å²) in [7, 11) is 0. The molecular weight excluding hydrogens is 330 g/mol. The summed E-state index contributed by atoms with van der Waals surface area (Å²) in [6.07, 6.45) is 3.71. The van der Waals surface area contributed by atoms with E-state index in [0.29, 0.717) is 18.3 Å². The van der Waals surface area contributed by atoms with Crippen molar-refractivity contribution in [1.29, 1.82) is 0 Å². The number of piperidine rings is 1. The number of likely N-dealkylation sites (tertiary alicyclic amines) is 1. The zero-order valence-corrected chi connectivity index (χ0v) is 15.5. The van der Waals surface area contributed by atoms with Gasteiger partial charge in [-0.15, -0.1) is 11.3 Å². The predicted molar refractivity (Wildman–Crippen MR) is 102 cm³/mol. The molecule has 3 aromatic rings. The molecule has 25 heavy (non-hydrogen) atoms. The topological polar surface area (TPSA) is 37.6 Å². The lowest BCUT2D eigenvalue weighted by molar-refractivity contribution is -0.133. The molecule has 4 nitrogen and oxygen atoms in total. The third kappa shape index (κ3) is 3.33. The van der Waals surface area contributed by atoms with Gasteiger partial charge in [0, 0.05) is 35.9 Å². The lowest BCUT2D eigenvalue weighted by atomic mass is 9.91. The van der Waals surface area contributed by atoms with Crippen molar-refractivity contribution in [1.82, 2.24) is 14.3 Å². The summed E-state index contributed by atoms with van der Waals surface area (Å²) in [6.45, 7) is 6.24. The fourth-order valence-electron chi connectivity index (χ4n) is 3.84. The minimum absolute atomic E-state index is 0.230. The summed E-state index contributed by atoms with van der Waals surface area (Å²) in [5.74, 6) is 1.41. The number of nitrogens with zero attached hydrogens (tertiary/aromatic N) is 3. The van der Waals surface area contributed by atoms with Crippen LogP contribution >= 0.6 is 11.3 Å². The molecule has 1 aromatic carbocycles. The second-order valence-electron chi connectivity index (χ2n) is 7.29. The van der Waals surface area contributed by atoms with Crippen molar-refractivity contribution >= 4 is 22.2 Å². The Morgan fingerprint density at radius 2 is 1.92 bits per heavy atom. The number of hydrogen-bond donors (Lipinski definition) is 0. The van der Waals surface area contributed by atoms with Crippen molar-refractivity contribution in [3.8, 4) is 11.3 Å². The predicted octanol–water partition coefficient (Wildman–Crippen LogP) is 4.11. The molecule has 1 amide bonds. The van der Waals surface area contributed by atoms with E-state index in [9.17, 15) is 4.79 Å². The molecule has 1 fully saturated rings. The Morgan fingerprint density at radius 1 is 1.20 bits per heavy atom. The zero-order chi connectivity index (χ0) is 17.4. The van der Waals surface area contributed by atoms with Crippen LogP contribution in [0.4, 0.5) is 0 Å². The van der Waals surface area contributed by atoms with Crippen molar-refractivity contribution in [2.24, 2.45) is 11.8 Å². The number of aromatic nitrogens is 2. The number of benzene rings is 1. The second kappa shape index (κ2) is 6.64. The highest BCUT2D eigenvalue weighted by atomic mass is 32.1. The Morgan fingerprint density at radius 3 is 2.64 bits per heavy atom. The highest BCUT2D eigenvalue weighted by Crippen LogP contribution is 2.25. The van der Waals surface area contributed by atoms with Crippen LogP contribution in [0.2, 0.25) is 0 Å². The van der Waals surface area contributed by atoms with Gasteiger partial charge in [0.15, 0.2) is 4.96 Å². The lowest BCUT2D eigenvalue weighted by Crippen LogP contribution is -2.43. The summed E-state index contributed by atoms with van der Waals surface area (Å²) in [5.41, 5.74) is 3.10. The SMILES string of the molecule is C[C@@H]1C[C@@H](C)CN(C(=O)Cc2csc3nc(-c4ccccc4)cn23)C1. The van der Waals surface area contributed by atoms with Crippen LogP contribution in [0.5, 0.6) is 0 Å². The van der Waals surface area contributed by atoms with Crippen LogP contribution in [-0.2, 0) is 11.2 Å². The first-order valence-corrected chi connectivity index (χ1v) is 9.77. The average Bonchev–Trinajstić information content (AvgIpc) is 3.17. The van der Waals surface area contributed by atoms with E-state index in [1.807, 2.05) is 29.3 Å². The Bertz CT molecular complexity index is 873. The van der Waals surface area contributed by atoms with Crippen LogP contribution in [0.3, 0.4) is 0 Å². The van der Waals surface area contributed by atoms with Gasteiger partial charge in [-0.25, -0.2) is 4.98 Å². The van der Waals surface area contributed by atoms with E-state index in [1.54, 1.807) is 11.3 Å². The van der Waals surface area contributed by atoms with Crippen molar-refractivity contribution in [3.05, 3.63) is 47.6 Å². The van der Waals surface area contributed by atoms with Gasteiger partial charge in [0.1, 0.15) is 0 Å². The van der Waals surface area contributed by atoms with Gasteiger partial charge in [0.05, 0.1) is 12.1 Å². The van der Waals surface area contributed by atoms with Crippen LogP contribution in [0.15, 0.2) is 41.9 Å². The van der Waals surface area contributed by atoms with Crippen molar-refractivity contribution in [2.75, 3.05) is 13.1 Å². The molecule has 130 valence electrons. The molecule has 4 rings (SSSR count). The maximum absolute atomic E-state index is 12.8. The highest BCUT2D eigenvalue weighted by molar-refractivity contribution is 7.15. The first-order valence-electron chi connectivity index (χ1n) is 8.89.